The Labute approximate surface area is 146 Å². The van der Waals surface area contributed by atoms with Crippen molar-refractivity contribution in [2.45, 2.75) is 25.8 Å². The van der Waals surface area contributed by atoms with Gasteiger partial charge in [0.2, 0.25) is 0 Å². The van der Waals surface area contributed by atoms with Crippen molar-refractivity contribution in [1.82, 2.24) is 24.9 Å². The largest absolute Gasteiger partial charge is 0.332 e. The number of hydrogen-bond donors (Lipinski definition) is 1. The third-order valence-corrected chi connectivity index (χ3v) is 4.84. The van der Waals surface area contributed by atoms with Crippen LogP contribution >= 0.6 is 0 Å². The number of aryl methyl sites for hydroxylation is 3. The Morgan fingerprint density at radius 3 is 2.80 bits per heavy atom. The Morgan fingerprint density at radius 1 is 1.20 bits per heavy atom. The van der Waals surface area contributed by atoms with Crippen molar-refractivity contribution in [3.63, 3.8) is 0 Å². The lowest BCUT2D eigenvalue weighted by Gasteiger charge is -2.27. The minimum absolute atomic E-state index is 0.0286. The van der Waals surface area contributed by atoms with Crippen LogP contribution in [-0.4, -0.2) is 37.3 Å². The molecule has 0 atom stereocenters. The first kappa shape index (κ1) is 15.6. The van der Waals surface area contributed by atoms with Crippen molar-refractivity contribution in [2.24, 2.45) is 7.05 Å². The molecule has 6 heteroatoms. The molecule has 1 aliphatic heterocycles. The van der Waals surface area contributed by atoms with E-state index < -0.39 is 0 Å². The number of fused-ring (bicyclic) bond motifs is 1. The molecule has 128 valence electrons. The molecule has 2 aromatic heterocycles. The molecule has 0 bridgehead atoms. The smallest absolute Gasteiger partial charge is 0.272 e. The van der Waals surface area contributed by atoms with Crippen LogP contribution in [0, 0.1) is 0 Å². The fraction of sp³-hybridized carbons (Fsp3) is 0.316. The molecule has 0 saturated heterocycles. The van der Waals surface area contributed by atoms with Crippen LogP contribution in [0.25, 0.3) is 0 Å². The van der Waals surface area contributed by atoms with Gasteiger partial charge in [0, 0.05) is 44.0 Å². The molecule has 1 aliphatic rings. The van der Waals surface area contributed by atoms with Gasteiger partial charge >= 0.3 is 0 Å². The van der Waals surface area contributed by atoms with Gasteiger partial charge in [0.15, 0.2) is 0 Å². The Morgan fingerprint density at radius 2 is 2.04 bits per heavy atom. The van der Waals surface area contributed by atoms with Crippen molar-refractivity contribution in [2.75, 3.05) is 6.54 Å². The van der Waals surface area contributed by atoms with E-state index in [0.717, 1.165) is 30.7 Å². The molecule has 0 fully saturated rings. The van der Waals surface area contributed by atoms with Gasteiger partial charge in [-0.3, -0.25) is 14.6 Å². The average molecular weight is 335 g/mol. The van der Waals surface area contributed by atoms with Gasteiger partial charge in [0.1, 0.15) is 5.69 Å². The summed E-state index contributed by atoms with van der Waals surface area (Å²) in [5.74, 6) is 0.0286. The van der Waals surface area contributed by atoms with Crippen LogP contribution in [0.1, 0.15) is 33.0 Å². The number of hydrogen-bond acceptors (Lipinski definition) is 3. The van der Waals surface area contributed by atoms with Crippen LogP contribution in [0.4, 0.5) is 0 Å². The SMILES string of the molecule is Cn1nccc1C(=O)N1CCc2[nH]nc(CCc3ccccc3)c2C1. The Hall–Kier alpha value is -2.89. The normalized spacial score (nSPS) is 13.7. The first-order valence-corrected chi connectivity index (χ1v) is 8.58. The maximum absolute atomic E-state index is 12.7. The predicted octanol–water partition coefficient (Wildman–Crippen LogP) is 2.13. The summed E-state index contributed by atoms with van der Waals surface area (Å²) >= 11 is 0. The molecule has 3 heterocycles. The number of amides is 1. The summed E-state index contributed by atoms with van der Waals surface area (Å²) in [5, 5.41) is 11.8. The van der Waals surface area contributed by atoms with Crippen molar-refractivity contribution < 1.29 is 4.79 Å². The van der Waals surface area contributed by atoms with Gasteiger partial charge in [-0.05, 0) is 24.5 Å². The lowest BCUT2D eigenvalue weighted by molar-refractivity contribution is 0.0722. The first-order chi connectivity index (χ1) is 12.2. The number of aromatic nitrogens is 4. The zero-order chi connectivity index (χ0) is 17.2. The molecule has 4 rings (SSSR count). The number of benzene rings is 1. The van der Waals surface area contributed by atoms with E-state index in [0.29, 0.717) is 18.8 Å². The van der Waals surface area contributed by atoms with Gasteiger partial charge in [0.25, 0.3) is 5.91 Å². The molecule has 0 spiro atoms. The molecule has 1 N–H and O–H groups in total. The maximum atomic E-state index is 12.7. The zero-order valence-electron chi connectivity index (χ0n) is 14.3. The fourth-order valence-corrected chi connectivity index (χ4v) is 3.39. The summed E-state index contributed by atoms with van der Waals surface area (Å²) in [6.45, 7) is 1.32. The highest BCUT2D eigenvalue weighted by atomic mass is 16.2. The first-order valence-electron chi connectivity index (χ1n) is 8.58. The summed E-state index contributed by atoms with van der Waals surface area (Å²) < 4.78 is 1.63. The lowest BCUT2D eigenvalue weighted by Crippen LogP contribution is -2.37. The molecule has 25 heavy (non-hydrogen) atoms. The maximum Gasteiger partial charge on any atom is 0.272 e. The van der Waals surface area contributed by atoms with E-state index in [2.05, 4.69) is 39.6 Å². The van der Waals surface area contributed by atoms with Crippen molar-refractivity contribution in [1.29, 1.82) is 0 Å². The number of nitrogens with zero attached hydrogens (tertiary/aromatic N) is 4. The molecule has 1 amide bonds. The van der Waals surface area contributed by atoms with E-state index in [4.69, 9.17) is 0 Å². The van der Waals surface area contributed by atoms with E-state index in [1.165, 1.54) is 11.1 Å². The van der Waals surface area contributed by atoms with Crippen LogP contribution in [-0.2, 0) is 32.9 Å². The van der Waals surface area contributed by atoms with Gasteiger partial charge in [-0.1, -0.05) is 30.3 Å². The van der Waals surface area contributed by atoms with Gasteiger partial charge < -0.3 is 4.90 Å². The number of carbonyl (C=O) groups is 1. The molecule has 1 aromatic carbocycles. The molecular weight excluding hydrogens is 314 g/mol. The quantitative estimate of drug-likeness (QED) is 0.794. The van der Waals surface area contributed by atoms with E-state index >= 15 is 0 Å². The summed E-state index contributed by atoms with van der Waals surface area (Å²) in [7, 11) is 1.80. The van der Waals surface area contributed by atoms with E-state index in [1.807, 2.05) is 11.0 Å². The second-order valence-corrected chi connectivity index (χ2v) is 6.43. The average Bonchev–Trinajstić information content (AvgIpc) is 3.26. The zero-order valence-corrected chi connectivity index (χ0v) is 14.3. The molecular formula is C19H21N5O. The van der Waals surface area contributed by atoms with Gasteiger partial charge in [-0.15, -0.1) is 0 Å². The van der Waals surface area contributed by atoms with Crippen molar-refractivity contribution >= 4 is 5.91 Å². The highest BCUT2D eigenvalue weighted by Crippen LogP contribution is 2.23. The topological polar surface area (TPSA) is 66.8 Å². The van der Waals surface area contributed by atoms with Gasteiger partial charge in [-0.25, -0.2) is 0 Å². The van der Waals surface area contributed by atoms with Crippen LogP contribution in [0.2, 0.25) is 0 Å². The van der Waals surface area contributed by atoms with Gasteiger partial charge in [-0.2, -0.15) is 10.2 Å². The molecule has 0 saturated carbocycles. The van der Waals surface area contributed by atoms with E-state index in [9.17, 15) is 4.79 Å². The second-order valence-electron chi connectivity index (χ2n) is 6.43. The number of rotatable bonds is 4. The lowest BCUT2D eigenvalue weighted by atomic mass is 10.0. The van der Waals surface area contributed by atoms with Gasteiger partial charge in [0.05, 0.1) is 5.69 Å². The predicted molar refractivity (Wildman–Crippen MR) is 94.1 cm³/mol. The van der Waals surface area contributed by atoms with Crippen LogP contribution < -0.4 is 0 Å². The Balaban J connectivity index is 1.49. The molecule has 6 nitrogen and oxygen atoms in total. The summed E-state index contributed by atoms with van der Waals surface area (Å²) in [6.07, 6.45) is 4.31. The number of carbonyl (C=O) groups excluding carboxylic acids is 1. The molecule has 0 radical (unpaired) electrons. The Bertz CT molecular complexity index is 880. The van der Waals surface area contributed by atoms with Crippen molar-refractivity contribution in [3.8, 4) is 0 Å². The van der Waals surface area contributed by atoms with E-state index in [-0.39, 0.29) is 5.91 Å². The van der Waals surface area contributed by atoms with E-state index in [1.54, 1.807) is 24.0 Å². The minimum atomic E-state index is 0.0286. The summed E-state index contributed by atoms with van der Waals surface area (Å²) in [5.41, 5.74) is 5.34. The number of aromatic amines is 1. The number of H-pyrrole nitrogens is 1. The van der Waals surface area contributed by atoms with Crippen molar-refractivity contribution in [3.05, 3.63) is 70.8 Å². The second kappa shape index (κ2) is 6.55. The third kappa shape index (κ3) is 3.07. The van der Waals surface area contributed by atoms with Crippen LogP contribution in [0.15, 0.2) is 42.6 Å². The Kier molecular flexibility index (Phi) is 4.09. The highest BCUT2D eigenvalue weighted by molar-refractivity contribution is 5.92. The molecule has 3 aromatic rings. The molecule has 0 aliphatic carbocycles. The highest BCUT2D eigenvalue weighted by Gasteiger charge is 2.26. The van der Waals surface area contributed by atoms with Crippen LogP contribution in [0.5, 0.6) is 0 Å². The minimum Gasteiger partial charge on any atom is -0.332 e. The number of nitrogens with one attached hydrogen (secondary N) is 1. The standard InChI is InChI=1S/C19H21N5O/c1-23-18(9-11-20-23)19(25)24-12-10-17-15(13-24)16(21-22-17)8-7-14-5-3-2-4-6-14/h2-6,9,11H,7-8,10,12-13H2,1H3,(H,21,22). The monoisotopic (exact) mass is 335 g/mol. The summed E-state index contributed by atoms with van der Waals surface area (Å²) in [6, 6.07) is 12.2. The third-order valence-electron chi connectivity index (χ3n) is 4.84. The summed E-state index contributed by atoms with van der Waals surface area (Å²) in [4.78, 5) is 14.6. The fourth-order valence-electron chi connectivity index (χ4n) is 3.39. The van der Waals surface area contributed by atoms with Crippen LogP contribution in [0.3, 0.4) is 0 Å². The molecule has 0 unspecified atom stereocenters.